The molecule has 2 aromatic carbocycles. The number of hydrogen-bond donors (Lipinski definition) is 1. The molecule has 0 aliphatic carbocycles. The highest BCUT2D eigenvalue weighted by molar-refractivity contribution is 6.05. The van der Waals surface area contributed by atoms with Crippen LogP contribution in [0, 0.1) is 37.3 Å². The number of nitro benzene ring substituents is 3. The third kappa shape index (κ3) is 3.90. The van der Waals surface area contributed by atoms with E-state index in [1.54, 1.807) is 0 Å². The number of benzene rings is 2. The van der Waals surface area contributed by atoms with E-state index in [0.29, 0.717) is 5.56 Å². The van der Waals surface area contributed by atoms with Crippen molar-refractivity contribution in [2.45, 2.75) is 6.92 Å². The van der Waals surface area contributed by atoms with Crippen molar-refractivity contribution in [2.75, 3.05) is 5.32 Å². The van der Waals surface area contributed by atoms with Gasteiger partial charge in [-0.05, 0) is 18.6 Å². The second kappa shape index (κ2) is 6.70. The number of hydrogen-bond acceptors (Lipinski definition) is 7. The Balaban J connectivity index is 2.36. The van der Waals surface area contributed by atoms with Gasteiger partial charge < -0.3 is 5.32 Å². The SMILES string of the molecule is Cc1cc([N+](=O)[O-])ccc1NC(=O)c1cc([N+](=O)[O-])cc([N+](=O)[O-])c1. The molecule has 25 heavy (non-hydrogen) atoms. The number of nitro groups is 3. The minimum Gasteiger partial charge on any atom is -0.322 e. The lowest BCUT2D eigenvalue weighted by Crippen LogP contribution is -2.13. The first-order valence-corrected chi connectivity index (χ1v) is 6.69. The normalized spacial score (nSPS) is 10.1. The van der Waals surface area contributed by atoms with Crippen molar-refractivity contribution < 1.29 is 19.6 Å². The first kappa shape index (κ1) is 17.5. The lowest BCUT2D eigenvalue weighted by Gasteiger charge is -2.08. The molecule has 0 saturated heterocycles. The fourth-order valence-electron chi connectivity index (χ4n) is 2.03. The van der Waals surface area contributed by atoms with Gasteiger partial charge in [0.1, 0.15) is 0 Å². The molecule has 0 aliphatic rings. The average molecular weight is 346 g/mol. The highest BCUT2D eigenvalue weighted by atomic mass is 16.6. The number of anilines is 1. The minimum absolute atomic E-state index is 0.165. The molecular weight excluding hydrogens is 336 g/mol. The van der Waals surface area contributed by atoms with Gasteiger partial charge in [-0.3, -0.25) is 35.1 Å². The van der Waals surface area contributed by atoms with E-state index in [1.807, 2.05) is 0 Å². The predicted molar refractivity (Wildman–Crippen MR) is 85.5 cm³/mol. The summed E-state index contributed by atoms with van der Waals surface area (Å²) in [5, 5.41) is 34.8. The van der Waals surface area contributed by atoms with E-state index in [2.05, 4.69) is 5.32 Å². The van der Waals surface area contributed by atoms with Crippen LogP contribution in [0.5, 0.6) is 0 Å². The van der Waals surface area contributed by atoms with Crippen LogP contribution < -0.4 is 5.32 Å². The first-order chi connectivity index (χ1) is 11.7. The standard InChI is InChI=1S/C14H10N4O7/c1-8-4-10(16(20)21)2-3-13(8)15-14(19)9-5-11(17(22)23)7-12(6-9)18(24)25/h2-7H,1H3,(H,15,19). The molecule has 0 heterocycles. The molecule has 0 spiro atoms. The highest BCUT2D eigenvalue weighted by Crippen LogP contribution is 2.25. The van der Waals surface area contributed by atoms with Crippen LogP contribution in [0.15, 0.2) is 36.4 Å². The van der Waals surface area contributed by atoms with Gasteiger partial charge >= 0.3 is 0 Å². The lowest BCUT2D eigenvalue weighted by molar-refractivity contribution is -0.394. The predicted octanol–water partition coefficient (Wildman–Crippen LogP) is 2.97. The van der Waals surface area contributed by atoms with Crippen LogP contribution >= 0.6 is 0 Å². The molecule has 128 valence electrons. The topological polar surface area (TPSA) is 159 Å². The zero-order valence-electron chi connectivity index (χ0n) is 12.7. The van der Waals surface area contributed by atoms with Crippen molar-refractivity contribution in [3.05, 3.63) is 77.9 Å². The molecule has 0 aromatic heterocycles. The summed E-state index contributed by atoms with van der Waals surface area (Å²) in [7, 11) is 0. The number of nitrogens with one attached hydrogen (secondary N) is 1. The molecule has 0 fully saturated rings. The van der Waals surface area contributed by atoms with Crippen LogP contribution in [0.4, 0.5) is 22.7 Å². The third-order valence-electron chi connectivity index (χ3n) is 3.26. The summed E-state index contributed by atoms with van der Waals surface area (Å²) in [5.74, 6) is -0.816. The summed E-state index contributed by atoms with van der Waals surface area (Å²) in [5.41, 5.74) is -1.01. The Morgan fingerprint density at radius 3 is 1.80 bits per heavy atom. The van der Waals surface area contributed by atoms with Crippen molar-refractivity contribution in [1.82, 2.24) is 0 Å². The minimum atomic E-state index is -0.846. The first-order valence-electron chi connectivity index (χ1n) is 6.69. The maximum absolute atomic E-state index is 12.2. The van der Waals surface area contributed by atoms with Crippen molar-refractivity contribution in [3.63, 3.8) is 0 Å². The monoisotopic (exact) mass is 346 g/mol. The summed E-state index contributed by atoms with van der Waals surface area (Å²) in [6.45, 7) is 1.53. The largest absolute Gasteiger partial charge is 0.322 e. The molecule has 1 amide bonds. The molecule has 0 atom stereocenters. The van der Waals surface area contributed by atoms with Gasteiger partial charge in [-0.2, -0.15) is 0 Å². The Labute approximate surface area is 139 Å². The van der Waals surface area contributed by atoms with Gasteiger partial charge in [-0.15, -0.1) is 0 Å². The smallest absolute Gasteiger partial charge is 0.277 e. The molecule has 1 N–H and O–H groups in total. The van der Waals surface area contributed by atoms with E-state index >= 15 is 0 Å². The summed E-state index contributed by atoms with van der Waals surface area (Å²) in [4.78, 5) is 42.4. The second-order valence-electron chi connectivity index (χ2n) is 4.96. The number of non-ortho nitro benzene ring substituents is 3. The van der Waals surface area contributed by atoms with Gasteiger partial charge in [0.2, 0.25) is 0 Å². The van der Waals surface area contributed by atoms with Gasteiger partial charge in [0.15, 0.2) is 0 Å². The molecule has 0 bridgehead atoms. The Hall–Kier alpha value is -3.89. The van der Waals surface area contributed by atoms with E-state index in [0.717, 1.165) is 18.2 Å². The van der Waals surface area contributed by atoms with Crippen LogP contribution in [0.3, 0.4) is 0 Å². The Bertz CT molecular complexity index is 878. The van der Waals surface area contributed by atoms with Crippen LogP contribution in [-0.2, 0) is 0 Å². The molecule has 2 aromatic rings. The Morgan fingerprint density at radius 2 is 1.36 bits per heavy atom. The Morgan fingerprint density at radius 1 is 0.840 bits per heavy atom. The van der Waals surface area contributed by atoms with Gasteiger partial charge in [-0.25, -0.2) is 0 Å². The Kier molecular flexibility index (Phi) is 4.68. The number of aryl methyl sites for hydroxylation is 1. The van der Waals surface area contributed by atoms with Gasteiger partial charge in [0.05, 0.1) is 26.4 Å². The highest BCUT2D eigenvalue weighted by Gasteiger charge is 2.20. The van der Waals surface area contributed by atoms with Crippen LogP contribution in [0.1, 0.15) is 15.9 Å². The molecule has 0 unspecified atom stereocenters. The third-order valence-corrected chi connectivity index (χ3v) is 3.26. The number of nitrogens with zero attached hydrogens (tertiary/aromatic N) is 3. The molecule has 0 saturated carbocycles. The second-order valence-corrected chi connectivity index (χ2v) is 4.96. The number of amides is 1. The van der Waals surface area contributed by atoms with E-state index < -0.39 is 32.1 Å². The van der Waals surface area contributed by atoms with Crippen LogP contribution in [0.25, 0.3) is 0 Å². The lowest BCUT2D eigenvalue weighted by atomic mass is 10.1. The van der Waals surface area contributed by atoms with Crippen molar-refractivity contribution in [2.24, 2.45) is 0 Å². The van der Waals surface area contributed by atoms with Gasteiger partial charge in [0, 0.05) is 30.0 Å². The zero-order chi connectivity index (χ0) is 18.7. The average Bonchev–Trinajstić information content (AvgIpc) is 2.55. The number of carbonyl (C=O) groups excluding carboxylic acids is 1. The summed E-state index contributed by atoms with van der Waals surface area (Å²) < 4.78 is 0. The molecule has 11 nitrogen and oxygen atoms in total. The van der Waals surface area contributed by atoms with Gasteiger partial charge in [0.25, 0.3) is 23.0 Å². The fourth-order valence-corrected chi connectivity index (χ4v) is 2.03. The van der Waals surface area contributed by atoms with E-state index in [-0.39, 0.29) is 16.9 Å². The fraction of sp³-hybridized carbons (Fsp3) is 0.0714. The quantitative estimate of drug-likeness (QED) is 0.643. The summed E-state index contributed by atoms with van der Waals surface area (Å²) >= 11 is 0. The van der Waals surface area contributed by atoms with Crippen molar-refractivity contribution >= 4 is 28.7 Å². The molecule has 2 rings (SSSR count). The summed E-state index contributed by atoms with van der Waals surface area (Å²) in [6, 6.07) is 6.28. The number of rotatable bonds is 5. The maximum Gasteiger partial charge on any atom is 0.277 e. The molecule has 0 aliphatic heterocycles. The van der Waals surface area contributed by atoms with E-state index in [4.69, 9.17) is 0 Å². The van der Waals surface area contributed by atoms with Crippen LogP contribution in [-0.4, -0.2) is 20.7 Å². The number of carbonyl (C=O) groups is 1. The zero-order valence-corrected chi connectivity index (χ0v) is 12.7. The maximum atomic E-state index is 12.2. The van der Waals surface area contributed by atoms with E-state index in [1.165, 1.54) is 25.1 Å². The molecule has 11 heteroatoms. The molecule has 0 radical (unpaired) electrons. The van der Waals surface area contributed by atoms with Crippen LogP contribution in [0.2, 0.25) is 0 Å². The van der Waals surface area contributed by atoms with Crippen molar-refractivity contribution in [3.8, 4) is 0 Å². The molecular formula is C14H10N4O7. The summed E-state index contributed by atoms with van der Waals surface area (Å²) in [6.07, 6.45) is 0. The van der Waals surface area contributed by atoms with Gasteiger partial charge in [-0.1, -0.05) is 0 Å². The van der Waals surface area contributed by atoms with Crippen molar-refractivity contribution in [1.29, 1.82) is 0 Å². The van der Waals surface area contributed by atoms with E-state index in [9.17, 15) is 35.1 Å².